The van der Waals surface area contributed by atoms with E-state index in [1.165, 1.54) is 0 Å². The fourth-order valence-corrected chi connectivity index (χ4v) is 2.75. The average molecular weight is 309 g/mol. The lowest BCUT2D eigenvalue weighted by molar-refractivity contribution is -0.119. The van der Waals surface area contributed by atoms with E-state index in [4.69, 9.17) is 0 Å². The minimum atomic E-state index is -0.195. The standard InChI is InChI=1S/C18H19N3O2/c1-2-20(14-8-4-3-5-9-14)18(23)12-21-16-11-7-6-10-15(16)19-17(21)13-22/h3-11,22H,2,12-13H2,1H3. The van der Waals surface area contributed by atoms with Crippen LogP contribution >= 0.6 is 0 Å². The van der Waals surface area contributed by atoms with E-state index in [2.05, 4.69) is 4.98 Å². The van der Waals surface area contributed by atoms with Crippen LogP contribution in [0.25, 0.3) is 11.0 Å². The molecule has 0 spiro atoms. The van der Waals surface area contributed by atoms with Crippen molar-refractivity contribution in [2.24, 2.45) is 0 Å². The molecule has 3 aromatic rings. The van der Waals surface area contributed by atoms with Crippen LogP contribution in [-0.4, -0.2) is 27.1 Å². The maximum Gasteiger partial charge on any atom is 0.246 e. The van der Waals surface area contributed by atoms with Gasteiger partial charge in [-0.3, -0.25) is 4.79 Å². The molecule has 1 heterocycles. The van der Waals surface area contributed by atoms with Gasteiger partial charge in [-0.25, -0.2) is 4.98 Å². The third-order valence-electron chi connectivity index (χ3n) is 3.85. The van der Waals surface area contributed by atoms with Gasteiger partial charge in [0, 0.05) is 12.2 Å². The number of amides is 1. The summed E-state index contributed by atoms with van der Waals surface area (Å²) in [7, 11) is 0. The second-order valence-corrected chi connectivity index (χ2v) is 5.23. The van der Waals surface area contributed by atoms with E-state index >= 15 is 0 Å². The van der Waals surface area contributed by atoms with Gasteiger partial charge in [0.1, 0.15) is 19.0 Å². The van der Waals surface area contributed by atoms with Crippen molar-refractivity contribution >= 4 is 22.6 Å². The first-order valence-electron chi connectivity index (χ1n) is 7.65. The molecule has 118 valence electrons. The van der Waals surface area contributed by atoms with E-state index in [0.717, 1.165) is 16.7 Å². The molecule has 0 saturated heterocycles. The summed E-state index contributed by atoms with van der Waals surface area (Å²) in [5, 5.41) is 9.54. The van der Waals surface area contributed by atoms with Gasteiger partial charge in [-0.15, -0.1) is 0 Å². The van der Waals surface area contributed by atoms with Crippen molar-refractivity contribution in [3.63, 3.8) is 0 Å². The number of anilines is 1. The summed E-state index contributed by atoms with van der Waals surface area (Å²) in [5.41, 5.74) is 2.51. The van der Waals surface area contributed by atoms with Crippen LogP contribution in [0.15, 0.2) is 54.6 Å². The van der Waals surface area contributed by atoms with Crippen LogP contribution in [0.2, 0.25) is 0 Å². The molecule has 0 aliphatic rings. The van der Waals surface area contributed by atoms with Crippen LogP contribution in [0.4, 0.5) is 5.69 Å². The summed E-state index contributed by atoms with van der Waals surface area (Å²) in [5.74, 6) is 0.472. The molecular weight excluding hydrogens is 290 g/mol. The second kappa shape index (κ2) is 6.62. The van der Waals surface area contributed by atoms with E-state index in [1.54, 1.807) is 9.47 Å². The predicted molar refractivity (Wildman–Crippen MR) is 90.1 cm³/mol. The lowest BCUT2D eigenvalue weighted by Gasteiger charge is -2.22. The number of imidazole rings is 1. The SMILES string of the molecule is CCN(C(=O)Cn1c(CO)nc2ccccc21)c1ccccc1. The number of para-hydroxylation sites is 3. The van der Waals surface area contributed by atoms with E-state index < -0.39 is 0 Å². The van der Waals surface area contributed by atoms with E-state index in [0.29, 0.717) is 12.4 Å². The minimum Gasteiger partial charge on any atom is -0.388 e. The summed E-state index contributed by atoms with van der Waals surface area (Å²) in [6, 6.07) is 17.2. The van der Waals surface area contributed by atoms with Crippen LogP contribution in [0.5, 0.6) is 0 Å². The number of carbonyl (C=O) groups is 1. The Kier molecular flexibility index (Phi) is 4.39. The Bertz CT molecular complexity index is 812. The smallest absolute Gasteiger partial charge is 0.246 e. The van der Waals surface area contributed by atoms with Gasteiger partial charge in [0.25, 0.3) is 0 Å². The number of hydrogen-bond acceptors (Lipinski definition) is 3. The largest absolute Gasteiger partial charge is 0.388 e. The molecule has 5 nitrogen and oxygen atoms in total. The van der Waals surface area contributed by atoms with Gasteiger partial charge in [-0.1, -0.05) is 30.3 Å². The van der Waals surface area contributed by atoms with Gasteiger partial charge in [0.05, 0.1) is 11.0 Å². The first-order chi connectivity index (χ1) is 11.2. The summed E-state index contributed by atoms with van der Waals surface area (Å²) in [4.78, 5) is 18.9. The van der Waals surface area contributed by atoms with Gasteiger partial charge in [0.15, 0.2) is 0 Å². The summed E-state index contributed by atoms with van der Waals surface area (Å²) in [6.45, 7) is 2.49. The number of nitrogens with zero attached hydrogens (tertiary/aromatic N) is 3. The van der Waals surface area contributed by atoms with Crippen molar-refractivity contribution in [1.29, 1.82) is 0 Å². The third-order valence-corrected chi connectivity index (χ3v) is 3.85. The number of aromatic nitrogens is 2. The molecular formula is C18H19N3O2. The molecule has 1 aromatic heterocycles. The first kappa shape index (κ1) is 15.2. The Labute approximate surface area is 134 Å². The maximum absolute atomic E-state index is 12.7. The normalized spacial score (nSPS) is 10.9. The van der Waals surface area contributed by atoms with E-state index in [-0.39, 0.29) is 19.1 Å². The number of benzene rings is 2. The fraction of sp³-hybridized carbons (Fsp3) is 0.222. The zero-order valence-corrected chi connectivity index (χ0v) is 13.0. The molecule has 0 fully saturated rings. The van der Waals surface area contributed by atoms with Gasteiger partial charge in [-0.05, 0) is 31.2 Å². The first-order valence-corrected chi connectivity index (χ1v) is 7.65. The maximum atomic E-state index is 12.7. The third kappa shape index (κ3) is 2.96. The van der Waals surface area contributed by atoms with Crippen molar-refractivity contribution < 1.29 is 9.90 Å². The highest BCUT2D eigenvalue weighted by Gasteiger charge is 2.18. The zero-order valence-electron chi connectivity index (χ0n) is 13.0. The molecule has 2 aromatic carbocycles. The fourth-order valence-electron chi connectivity index (χ4n) is 2.75. The van der Waals surface area contributed by atoms with Gasteiger partial charge >= 0.3 is 0 Å². The van der Waals surface area contributed by atoms with Crippen molar-refractivity contribution in [2.75, 3.05) is 11.4 Å². The van der Waals surface area contributed by atoms with Crippen molar-refractivity contribution in [3.8, 4) is 0 Å². The molecule has 0 atom stereocenters. The van der Waals surface area contributed by atoms with Crippen LogP contribution in [0.1, 0.15) is 12.7 Å². The molecule has 0 radical (unpaired) electrons. The Morgan fingerprint density at radius 3 is 2.52 bits per heavy atom. The summed E-state index contributed by atoms with van der Waals surface area (Å²) in [6.07, 6.45) is 0. The van der Waals surface area contributed by atoms with Crippen molar-refractivity contribution in [2.45, 2.75) is 20.1 Å². The molecule has 0 aliphatic heterocycles. The second-order valence-electron chi connectivity index (χ2n) is 5.23. The number of fused-ring (bicyclic) bond motifs is 1. The molecule has 5 heteroatoms. The molecule has 0 unspecified atom stereocenters. The molecule has 3 rings (SSSR count). The van der Waals surface area contributed by atoms with Gasteiger partial charge < -0.3 is 14.6 Å². The van der Waals surface area contributed by atoms with E-state index in [1.807, 2.05) is 61.5 Å². The van der Waals surface area contributed by atoms with Crippen LogP contribution in [-0.2, 0) is 17.9 Å². The highest BCUT2D eigenvalue weighted by molar-refractivity contribution is 5.94. The van der Waals surface area contributed by atoms with Crippen LogP contribution in [0, 0.1) is 0 Å². The predicted octanol–water partition coefficient (Wildman–Crippen LogP) is 2.58. The minimum absolute atomic E-state index is 0.0310. The number of likely N-dealkylation sites (N-methyl/N-ethyl adjacent to an activating group) is 1. The number of aliphatic hydroxyl groups excluding tert-OH is 1. The molecule has 23 heavy (non-hydrogen) atoms. The number of carbonyl (C=O) groups excluding carboxylic acids is 1. The van der Waals surface area contributed by atoms with Crippen molar-refractivity contribution in [1.82, 2.24) is 9.55 Å². The Morgan fingerprint density at radius 2 is 1.83 bits per heavy atom. The molecule has 0 aliphatic carbocycles. The number of hydrogen-bond donors (Lipinski definition) is 1. The quantitative estimate of drug-likeness (QED) is 0.788. The van der Waals surface area contributed by atoms with Crippen molar-refractivity contribution in [3.05, 3.63) is 60.4 Å². The van der Waals surface area contributed by atoms with Gasteiger partial charge in [0.2, 0.25) is 5.91 Å². The lowest BCUT2D eigenvalue weighted by Crippen LogP contribution is -2.34. The highest BCUT2D eigenvalue weighted by atomic mass is 16.3. The topological polar surface area (TPSA) is 58.4 Å². The zero-order chi connectivity index (χ0) is 16.2. The Hall–Kier alpha value is -2.66. The number of aliphatic hydroxyl groups is 1. The van der Waals surface area contributed by atoms with Crippen LogP contribution in [0.3, 0.4) is 0 Å². The highest BCUT2D eigenvalue weighted by Crippen LogP contribution is 2.18. The van der Waals surface area contributed by atoms with E-state index in [9.17, 15) is 9.90 Å². The summed E-state index contributed by atoms with van der Waals surface area (Å²) >= 11 is 0. The summed E-state index contributed by atoms with van der Waals surface area (Å²) < 4.78 is 1.78. The molecule has 1 N–H and O–H groups in total. The Balaban J connectivity index is 1.93. The van der Waals surface area contributed by atoms with Crippen LogP contribution < -0.4 is 4.90 Å². The monoisotopic (exact) mass is 309 g/mol. The average Bonchev–Trinajstić information content (AvgIpc) is 2.94. The lowest BCUT2D eigenvalue weighted by atomic mass is 10.2. The molecule has 0 saturated carbocycles. The Morgan fingerprint density at radius 1 is 1.13 bits per heavy atom. The molecule has 1 amide bonds. The molecule has 0 bridgehead atoms. The van der Waals surface area contributed by atoms with Gasteiger partial charge in [-0.2, -0.15) is 0 Å². The number of rotatable bonds is 5.